The van der Waals surface area contributed by atoms with Gasteiger partial charge in [-0.2, -0.15) is 13.2 Å². The summed E-state index contributed by atoms with van der Waals surface area (Å²) < 4.78 is 48.5. The molecule has 0 saturated carbocycles. The Morgan fingerprint density at radius 3 is 2.71 bits per heavy atom. The van der Waals surface area contributed by atoms with Crippen molar-refractivity contribution in [3.8, 4) is 5.88 Å². The smallest absolute Gasteiger partial charge is 0.475 e. The zero-order chi connectivity index (χ0) is 22.5. The Bertz CT molecular complexity index is 878. The standard InChI is InChI=1S/C17H19N3O4.C2HF3O2/c21-16(13-9-19-23-10-13)20-7-3-5-17(12-20)8-14(11-22-17)24-15-4-1-2-6-18-15;3-2(4,5)1(6)7/h1-2,4,6,9-10,14H,3,5,7-8,11-12H2;(H,6,7)/t14-,17-;/m0./s1. The molecule has 2 atom stereocenters. The Hall–Kier alpha value is -3.15. The van der Waals surface area contributed by atoms with Crippen molar-refractivity contribution in [2.75, 3.05) is 19.7 Å². The molecule has 4 heterocycles. The number of carbonyl (C=O) groups is 2. The normalized spacial score (nSPS) is 23.2. The number of carboxylic acid groups (broad SMARTS) is 1. The number of pyridine rings is 1. The number of aliphatic carboxylic acids is 1. The zero-order valence-corrected chi connectivity index (χ0v) is 16.2. The quantitative estimate of drug-likeness (QED) is 0.770. The Kier molecular flexibility index (Phi) is 6.78. The van der Waals surface area contributed by atoms with E-state index in [1.165, 1.54) is 12.5 Å². The van der Waals surface area contributed by atoms with Crippen molar-refractivity contribution in [3.63, 3.8) is 0 Å². The van der Waals surface area contributed by atoms with E-state index in [-0.39, 0.29) is 17.6 Å². The zero-order valence-electron chi connectivity index (χ0n) is 16.2. The van der Waals surface area contributed by atoms with E-state index >= 15 is 0 Å². The van der Waals surface area contributed by atoms with Crippen LogP contribution in [-0.4, -0.2) is 69.6 Å². The first kappa shape index (κ1) is 22.5. The highest BCUT2D eigenvalue weighted by atomic mass is 19.4. The molecule has 1 spiro atoms. The Morgan fingerprint density at radius 2 is 2.10 bits per heavy atom. The van der Waals surface area contributed by atoms with Crippen LogP contribution < -0.4 is 4.74 Å². The van der Waals surface area contributed by atoms with Gasteiger partial charge in [0.2, 0.25) is 5.88 Å². The number of hydrogen-bond donors (Lipinski definition) is 1. The van der Waals surface area contributed by atoms with E-state index in [0.717, 1.165) is 25.8 Å². The maximum Gasteiger partial charge on any atom is 0.490 e. The van der Waals surface area contributed by atoms with Crippen LogP contribution in [-0.2, 0) is 9.53 Å². The van der Waals surface area contributed by atoms with Gasteiger partial charge in [0.05, 0.1) is 30.5 Å². The van der Waals surface area contributed by atoms with E-state index in [4.69, 9.17) is 23.9 Å². The molecule has 0 unspecified atom stereocenters. The van der Waals surface area contributed by atoms with Gasteiger partial charge in [-0.1, -0.05) is 11.2 Å². The summed E-state index contributed by atoms with van der Waals surface area (Å²) in [6, 6.07) is 5.59. The first-order chi connectivity index (χ1) is 14.7. The highest BCUT2D eigenvalue weighted by Crippen LogP contribution is 2.36. The van der Waals surface area contributed by atoms with E-state index < -0.39 is 12.1 Å². The number of piperidine rings is 1. The number of nitrogens with zero attached hydrogens (tertiary/aromatic N) is 3. The number of hydrogen-bond acceptors (Lipinski definition) is 7. The molecule has 0 aromatic carbocycles. The monoisotopic (exact) mass is 443 g/mol. The lowest BCUT2D eigenvalue weighted by molar-refractivity contribution is -0.192. The number of rotatable bonds is 3. The van der Waals surface area contributed by atoms with Crippen molar-refractivity contribution in [1.29, 1.82) is 0 Å². The number of ether oxygens (including phenoxy) is 2. The second kappa shape index (κ2) is 9.33. The van der Waals surface area contributed by atoms with Crippen molar-refractivity contribution in [2.45, 2.75) is 37.1 Å². The molecule has 1 amide bonds. The topological polar surface area (TPSA) is 115 Å². The number of aromatic nitrogens is 2. The van der Waals surface area contributed by atoms with Crippen LogP contribution in [0.25, 0.3) is 0 Å². The van der Waals surface area contributed by atoms with Gasteiger partial charge >= 0.3 is 12.1 Å². The molecule has 31 heavy (non-hydrogen) atoms. The van der Waals surface area contributed by atoms with E-state index in [9.17, 15) is 18.0 Å². The number of likely N-dealkylation sites (tertiary alicyclic amines) is 1. The lowest BCUT2D eigenvalue weighted by Crippen LogP contribution is -2.50. The largest absolute Gasteiger partial charge is 0.490 e. The van der Waals surface area contributed by atoms with Gasteiger partial charge in [-0.3, -0.25) is 4.79 Å². The first-order valence-corrected chi connectivity index (χ1v) is 9.39. The lowest BCUT2D eigenvalue weighted by Gasteiger charge is -2.39. The molecule has 168 valence electrons. The van der Waals surface area contributed by atoms with Crippen LogP contribution in [0.1, 0.15) is 29.6 Å². The second-order valence-electron chi connectivity index (χ2n) is 7.15. The maximum absolute atomic E-state index is 12.5. The minimum Gasteiger partial charge on any atom is -0.475 e. The molecule has 2 fully saturated rings. The van der Waals surface area contributed by atoms with E-state index in [0.29, 0.717) is 24.6 Å². The number of halogens is 3. The Morgan fingerprint density at radius 1 is 1.32 bits per heavy atom. The van der Waals surface area contributed by atoms with Gasteiger partial charge in [-0.05, 0) is 18.9 Å². The van der Waals surface area contributed by atoms with E-state index in [2.05, 4.69) is 10.1 Å². The van der Waals surface area contributed by atoms with Gasteiger partial charge in [0.15, 0.2) is 0 Å². The molecule has 2 saturated heterocycles. The number of amides is 1. The highest BCUT2D eigenvalue weighted by Gasteiger charge is 2.45. The molecule has 0 radical (unpaired) electrons. The number of alkyl halides is 3. The molecule has 2 aliphatic rings. The van der Waals surface area contributed by atoms with Gasteiger partial charge in [0.25, 0.3) is 5.91 Å². The minimum absolute atomic E-state index is 0.0365. The molecule has 4 rings (SSSR count). The first-order valence-electron chi connectivity index (χ1n) is 9.39. The highest BCUT2D eigenvalue weighted by molar-refractivity contribution is 5.93. The molecule has 2 aliphatic heterocycles. The van der Waals surface area contributed by atoms with E-state index in [1.54, 1.807) is 6.20 Å². The van der Waals surface area contributed by atoms with Crippen LogP contribution in [0.5, 0.6) is 5.88 Å². The minimum atomic E-state index is -5.08. The van der Waals surface area contributed by atoms with E-state index in [1.807, 2.05) is 23.1 Å². The molecule has 9 nitrogen and oxygen atoms in total. The van der Waals surface area contributed by atoms with Gasteiger partial charge in [0.1, 0.15) is 12.4 Å². The van der Waals surface area contributed by atoms with Gasteiger partial charge in [-0.15, -0.1) is 0 Å². The second-order valence-corrected chi connectivity index (χ2v) is 7.15. The average molecular weight is 443 g/mol. The molecular weight excluding hydrogens is 423 g/mol. The van der Waals surface area contributed by atoms with Crippen molar-refractivity contribution in [2.24, 2.45) is 0 Å². The molecule has 0 aliphatic carbocycles. The summed E-state index contributed by atoms with van der Waals surface area (Å²) >= 11 is 0. The predicted octanol–water partition coefficient (Wildman–Crippen LogP) is 2.55. The Balaban J connectivity index is 0.000000339. The van der Waals surface area contributed by atoms with Gasteiger partial charge in [0, 0.05) is 25.2 Å². The third kappa shape index (κ3) is 5.94. The Labute approximate surface area is 174 Å². The fourth-order valence-electron chi connectivity index (χ4n) is 3.51. The molecule has 12 heteroatoms. The summed E-state index contributed by atoms with van der Waals surface area (Å²) in [7, 11) is 0. The average Bonchev–Trinajstić information content (AvgIpc) is 3.39. The molecule has 0 bridgehead atoms. The van der Waals surface area contributed by atoms with Crippen LogP contribution in [0.3, 0.4) is 0 Å². The van der Waals surface area contributed by atoms with Crippen molar-refractivity contribution in [1.82, 2.24) is 15.0 Å². The SMILES string of the molecule is O=C(O)C(F)(F)F.O=C(c1cnoc1)N1CCC[C@]2(C[C@H](Oc3ccccn3)CO2)C1. The molecule has 2 aromatic rings. The summed E-state index contributed by atoms with van der Waals surface area (Å²) in [5, 5.41) is 10.7. The van der Waals surface area contributed by atoms with Gasteiger partial charge in [-0.25, -0.2) is 9.78 Å². The van der Waals surface area contributed by atoms with Crippen LogP contribution in [0.15, 0.2) is 41.4 Å². The van der Waals surface area contributed by atoms with Crippen molar-refractivity contribution in [3.05, 3.63) is 42.4 Å². The fraction of sp³-hybridized carbons (Fsp3) is 0.474. The lowest BCUT2D eigenvalue weighted by atomic mass is 9.89. The third-order valence-corrected chi connectivity index (χ3v) is 4.85. The van der Waals surface area contributed by atoms with Crippen LogP contribution >= 0.6 is 0 Å². The fourth-order valence-corrected chi connectivity index (χ4v) is 3.51. The summed E-state index contributed by atoms with van der Waals surface area (Å²) in [6.07, 6.45) is 2.02. The summed E-state index contributed by atoms with van der Waals surface area (Å²) in [5.41, 5.74) is 0.149. The summed E-state index contributed by atoms with van der Waals surface area (Å²) in [6.45, 7) is 1.81. The molecular formula is C19H20F3N3O6. The number of carboxylic acids is 1. The van der Waals surface area contributed by atoms with Crippen LogP contribution in [0.2, 0.25) is 0 Å². The predicted molar refractivity (Wildman–Crippen MR) is 97.3 cm³/mol. The third-order valence-electron chi connectivity index (χ3n) is 4.85. The molecule has 2 aromatic heterocycles. The number of carbonyl (C=O) groups excluding carboxylic acids is 1. The van der Waals surface area contributed by atoms with Crippen LogP contribution in [0.4, 0.5) is 13.2 Å². The van der Waals surface area contributed by atoms with Gasteiger partial charge < -0.3 is 24.0 Å². The summed E-state index contributed by atoms with van der Waals surface area (Å²) in [5.74, 6) is -2.21. The van der Waals surface area contributed by atoms with Crippen molar-refractivity contribution < 1.29 is 41.9 Å². The van der Waals surface area contributed by atoms with Crippen LogP contribution in [0, 0.1) is 0 Å². The van der Waals surface area contributed by atoms with Crippen molar-refractivity contribution >= 4 is 11.9 Å². The summed E-state index contributed by atoms with van der Waals surface area (Å²) in [4.78, 5) is 27.4. The maximum atomic E-state index is 12.5. The molecule has 1 N–H and O–H groups in total.